The predicted octanol–water partition coefficient (Wildman–Crippen LogP) is -8.06. The molecule has 1 heterocycles. The Labute approximate surface area is 380 Å². The Balaban J connectivity index is 3.35. The van der Waals surface area contributed by atoms with Gasteiger partial charge in [-0.3, -0.25) is 43.7 Å². The summed E-state index contributed by atoms with van der Waals surface area (Å²) in [5.74, 6) is -7.58. The Bertz CT molecular complexity index is 1780. The molecule has 0 spiro atoms. The summed E-state index contributed by atoms with van der Waals surface area (Å²) >= 11 is 0. The quantitative estimate of drug-likeness (QED) is 0.0177. The van der Waals surface area contributed by atoms with Crippen LogP contribution < -0.4 is 77.8 Å². The molecule has 0 aromatic carbocycles. The molecule has 0 aliphatic carbocycles. The third-order valence-corrected chi connectivity index (χ3v) is 9.51. The maximum absolute atomic E-state index is 14.0. The molecule has 0 radical (unpaired) electrons. The number of aliphatic hydroxyl groups is 2. The van der Waals surface area contributed by atoms with Crippen LogP contribution in [0.15, 0.2) is 27.5 Å². The first kappa shape index (κ1) is 57.2. The van der Waals surface area contributed by atoms with E-state index < -0.39 is 96.4 Å². The molecule has 0 saturated carbocycles. The van der Waals surface area contributed by atoms with E-state index in [2.05, 4.69) is 56.8 Å². The monoisotopic (exact) mass is 940 g/mol. The number of aromatic amines is 1. The van der Waals surface area contributed by atoms with Crippen LogP contribution in [0.1, 0.15) is 70.4 Å². The minimum absolute atomic E-state index is 0.00121. The lowest BCUT2D eigenvalue weighted by Gasteiger charge is -2.27. The van der Waals surface area contributed by atoms with Gasteiger partial charge in [-0.1, -0.05) is 0 Å². The van der Waals surface area contributed by atoms with Crippen molar-refractivity contribution in [3.8, 4) is 0 Å². The molecule has 1 aromatic rings. The number of H-pyrrole nitrogens is 1. The van der Waals surface area contributed by atoms with Gasteiger partial charge in [0.1, 0.15) is 36.3 Å². The summed E-state index contributed by atoms with van der Waals surface area (Å²) in [7, 11) is 0. The van der Waals surface area contributed by atoms with Crippen molar-refractivity contribution in [2.45, 2.75) is 120 Å². The third kappa shape index (κ3) is 23.2. The summed E-state index contributed by atoms with van der Waals surface area (Å²) in [6.07, 6.45) is 2.23. The Hall–Kier alpha value is -6.85. The number of aliphatic hydroxyl groups excluding tert-OH is 2. The molecule has 372 valence electrons. The van der Waals surface area contributed by atoms with Crippen LogP contribution in [0.3, 0.4) is 0 Å². The fourth-order valence-corrected chi connectivity index (χ4v) is 5.98. The zero-order valence-electron chi connectivity index (χ0n) is 37.0. The summed E-state index contributed by atoms with van der Waals surface area (Å²) in [6.45, 7) is 0.763. The van der Waals surface area contributed by atoms with Crippen molar-refractivity contribution in [2.24, 2.45) is 60.8 Å². The molecule has 66 heavy (non-hydrogen) atoms. The van der Waals surface area contributed by atoms with E-state index in [-0.39, 0.29) is 89.0 Å². The van der Waals surface area contributed by atoms with Crippen molar-refractivity contribution in [3.63, 3.8) is 0 Å². The van der Waals surface area contributed by atoms with Gasteiger partial charge in [0.2, 0.25) is 35.4 Å². The maximum atomic E-state index is 14.0. The Morgan fingerprint density at radius 3 is 1.52 bits per heavy atom. The van der Waals surface area contributed by atoms with E-state index in [1.807, 2.05) is 0 Å². The van der Waals surface area contributed by atoms with Gasteiger partial charge in [-0.2, -0.15) is 0 Å². The zero-order chi connectivity index (χ0) is 49.8. The van der Waals surface area contributed by atoms with E-state index in [4.69, 9.17) is 45.9 Å². The number of nitrogens with two attached hydrogens (primary N) is 8. The van der Waals surface area contributed by atoms with E-state index in [0.717, 1.165) is 0 Å². The molecule has 8 atom stereocenters. The van der Waals surface area contributed by atoms with Crippen molar-refractivity contribution >= 4 is 59.3 Å². The molecule has 29 nitrogen and oxygen atoms in total. The Morgan fingerprint density at radius 1 is 0.621 bits per heavy atom. The van der Waals surface area contributed by atoms with Crippen molar-refractivity contribution in [2.75, 3.05) is 32.8 Å². The molecule has 1 aromatic heterocycles. The lowest BCUT2D eigenvalue weighted by molar-refractivity contribution is -0.142. The number of carboxylic acids is 1. The highest BCUT2D eigenvalue weighted by Crippen LogP contribution is 2.08. The van der Waals surface area contributed by atoms with Gasteiger partial charge < -0.3 is 98.1 Å². The van der Waals surface area contributed by atoms with Crippen molar-refractivity contribution in [1.82, 2.24) is 41.9 Å². The molecule has 0 fully saturated rings. The number of carboxylic acid groups (broad SMARTS) is 1. The number of imidazole rings is 1. The second-order valence-electron chi connectivity index (χ2n) is 15.1. The zero-order valence-corrected chi connectivity index (χ0v) is 37.0. The SMILES string of the molecule is CC(O)C(NC(=O)C(N)CCCN=C(N)N)C(=O)NC(Cc1cnc[nH]1)C(=O)NC(CCCN=C(N)N)C(=O)NC(CO)C(=O)NC(CCCCN)C(=O)NC(CCCN=C(N)N)C(=O)O. The molecular formula is C37H69N19O10. The number of rotatable bonds is 33. The molecule has 26 N–H and O–H groups in total. The summed E-state index contributed by atoms with van der Waals surface area (Å²) in [6, 6.07) is -10.1. The Kier molecular flexibility index (Phi) is 26.9. The molecule has 0 aliphatic heterocycles. The van der Waals surface area contributed by atoms with Crippen molar-refractivity contribution in [1.29, 1.82) is 0 Å². The number of unbranched alkanes of at least 4 members (excludes halogenated alkanes) is 1. The average molecular weight is 940 g/mol. The van der Waals surface area contributed by atoms with E-state index >= 15 is 0 Å². The number of nitrogens with zero attached hydrogens (tertiary/aromatic N) is 4. The van der Waals surface area contributed by atoms with Crippen LogP contribution in [0.2, 0.25) is 0 Å². The number of amides is 6. The number of nitrogens with one attached hydrogen (secondary N) is 7. The summed E-state index contributed by atoms with van der Waals surface area (Å²) in [5.41, 5.74) is 44.1. The van der Waals surface area contributed by atoms with Gasteiger partial charge >= 0.3 is 5.97 Å². The van der Waals surface area contributed by atoms with Crippen molar-refractivity contribution < 1.29 is 48.9 Å². The van der Waals surface area contributed by atoms with E-state index in [1.165, 1.54) is 19.4 Å². The summed E-state index contributed by atoms with van der Waals surface area (Å²) < 4.78 is 0. The minimum atomic E-state index is -1.71. The second kappa shape index (κ2) is 31.1. The topological polar surface area (TPSA) is 526 Å². The van der Waals surface area contributed by atoms with E-state index in [0.29, 0.717) is 25.0 Å². The highest BCUT2D eigenvalue weighted by Gasteiger charge is 2.35. The summed E-state index contributed by atoms with van der Waals surface area (Å²) in [5, 5.41) is 45.1. The first-order valence-electron chi connectivity index (χ1n) is 21.1. The standard InChI is InChI=1S/C37H69N19O10/c1-19(58)27(56-28(59)21(39)7-4-12-47-35(40)41)33(64)54-25(15-20-16-46-18-50-20)31(62)51-23(9-5-13-48-36(42)43)30(61)55-26(17-57)32(63)52-22(8-2-3-11-38)29(60)53-24(34(65)66)10-6-14-49-37(44)45/h16,18-19,21-27,57-58H,2-15,17,38-39H2,1H3,(H,46,50)(H,51,62)(H,52,63)(H,53,60)(H,54,64)(H,55,61)(H,56,59)(H,65,66)(H4,40,41,47)(H4,42,43,48)(H4,44,45,49). The van der Waals surface area contributed by atoms with Crippen LogP contribution in [-0.2, 0) is 40.0 Å². The molecule has 0 saturated heterocycles. The Morgan fingerprint density at radius 2 is 1.06 bits per heavy atom. The third-order valence-electron chi connectivity index (χ3n) is 9.51. The van der Waals surface area contributed by atoms with Crippen molar-refractivity contribution in [3.05, 3.63) is 18.2 Å². The maximum Gasteiger partial charge on any atom is 0.326 e. The van der Waals surface area contributed by atoms with Gasteiger partial charge in [-0.05, 0) is 71.3 Å². The van der Waals surface area contributed by atoms with Crippen LogP contribution in [0.25, 0.3) is 0 Å². The second-order valence-corrected chi connectivity index (χ2v) is 15.1. The number of aromatic nitrogens is 2. The van der Waals surface area contributed by atoms with E-state index in [9.17, 15) is 48.9 Å². The van der Waals surface area contributed by atoms with Crippen LogP contribution in [0.5, 0.6) is 0 Å². The van der Waals surface area contributed by atoms with Gasteiger partial charge in [-0.25, -0.2) is 9.78 Å². The number of guanidine groups is 3. The molecule has 0 aliphatic rings. The minimum Gasteiger partial charge on any atom is -0.480 e. The number of hydrogen-bond donors (Lipinski definition) is 18. The first-order chi connectivity index (χ1) is 31.2. The van der Waals surface area contributed by atoms with Crippen LogP contribution in [-0.4, -0.2) is 166 Å². The van der Waals surface area contributed by atoms with Crippen LogP contribution in [0.4, 0.5) is 0 Å². The van der Waals surface area contributed by atoms with Gasteiger partial charge in [0.25, 0.3) is 0 Å². The largest absolute Gasteiger partial charge is 0.480 e. The van der Waals surface area contributed by atoms with Crippen LogP contribution in [0, 0.1) is 0 Å². The molecular weight excluding hydrogens is 871 g/mol. The molecule has 8 unspecified atom stereocenters. The first-order valence-corrected chi connectivity index (χ1v) is 21.1. The fraction of sp³-hybridized carbons (Fsp3) is 0.649. The number of carbonyl (C=O) groups excluding carboxylic acids is 6. The van der Waals surface area contributed by atoms with Gasteiger partial charge in [0.05, 0.1) is 25.1 Å². The fourth-order valence-electron chi connectivity index (χ4n) is 5.98. The van der Waals surface area contributed by atoms with Gasteiger partial charge in [0.15, 0.2) is 17.9 Å². The smallest absolute Gasteiger partial charge is 0.326 e. The predicted molar refractivity (Wildman–Crippen MR) is 241 cm³/mol. The van der Waals surface area contributed by atoms with E-state index in [1.54, 1.807) is 0 Å². The molecule has 0 bridgehead atoms. The number of aliphatic imine (C=N–C) groups is 3. The lowest BCUT2D eigenvalue weighted by atomic mass is 10.0. The number of aliphatic carboxylic acids is 1. The molecule has 6 amide bonds. The normalized spacial score (nSPS) is 14.5. The van der Waals surface area contributed by atoms with Gasteiger partial charge in [0, 0.05) is 37.9 Å². The van der Waals surface area contributed by atoms with Gasteiger partial charge in [-0.15, -0.1) is 0 Å². The average Bonchev–Trinajstić information content (AvgIpc) is 3.77. The molecule has 1 rings (SSSR count). The van der Waals surface area contributed by atoms with Crippen LogP contribution >= 0.6 is 0 Å². The lowest BCUT2D eigenvalue weighted by Crippen LogP contribution is -2.61. The number of carbonyl (C=O) groups is 7. The molecule has 29 heteroatoms. The summed E-state index contributed by atoms with van der Waals surface area (Å²) in [4.78, 5) is 112. The highest BCUT2D eigenvalue weighted by molar-refractivity contribution is 5.97. The highest BCUT2D eigenvalue weighted by atomic mass is 16.4. The number of hydrogen-bond acceptors (Lipinski definition) is 15.